The summed E-state index contributed by atoms with van der Waals surface area (Å²) >= 11 is 3.68. The molecule has 1 aromatic carbocycles. The lowest BCUT2D eigenvalue weighted by Crippen LogP contribution is -2.29. The Morgan fingerprint density at radius 1 is 1.20 bits per heavy atom. The lowest BCUT2D eigenvalue weighted by molar-refractivity contribution is -0.00832. The van der Waals surface area contributed by atoms with Crippen LogP contribution in [0.3, 0.4) is 0 Å². The predicted molar refractivity (Wildman–Crippen MR) is 135 cm³/mol. The van der Waals surface area contributed by atoms with Gasteiger partial charge in [-0.3, -0.25) is 20.3 Å². The number of fused-ring (bicyclic) bond motifs is 2. The number of anilines is 1. The Balaban J connectivity index is 1.31. The van der Waals surface area contributed by atoms with Crippen molar-refractivity contribution < 1.29 is 18.7 Å². The van der Waals surface area contributed by atoms with Crippen LogP contribution in [0, 0.1) is 20.8 Å². The Morgan fingerprint density at radius 2 is 1.97 bits per heavy atom. The van der Waals surface area contributed by atoms with Crippen LogP contribution in [0.15, 0.2) is 33.2 Å². The number of carbonyl (C=O) groups excluding carboxylic acids is 1. The van der Waals surface area contributed by atoms with Crippen molar-refractivity contribution in [1.82, 2.24) is 20.2 Å². The van der Waals surface area contributed by atoms with Gasteiger partial charge in [-0.15, -0.1) is 0 Å². The van der Waals surface area contributed by atoms with E-state index in [0.717, 1.165) is 43.5 Å². The Labute approximate surface area is 210 Å². The predicted octanol–water partition coefficient (Wildman–Crippen LogP) is 5.56. The van der Waals surface area contributed by atoms with E-state index in [1.807, 2.05) is 47.7 Å². The second-order valence-electron chi connectivity index (χ2n) is 9.20. The fourth-order valence-corrected chi connectivity index (χ4v) is 5.68. The molecule has 1 amide bonds. The summed E-state index contributed by atoms with van der Waals surface area (Å²) in [6, 6.07) is 7.08. The van der Waals surface area contributed by atoms with Gasteiger partial charge >= 0.3 is 5.91 Å². The molecule has 3 aromatic heterocycles. The minimum Gasteiger partial charge on any atom is -0.424 e. The average Bonchev–Trinajstić information content (AvgIpc) is 3.45. The second kappa shape index (κ2) is 8.39. The molecule has 0 radical (unpaired) electrons. The van der Waals surface area contributed by atoms with Crippen LogP contribution in [0.25, 0.3) is 11.0 Å². The zero-order valence-corrected chi connectivity index (χ0v) is 22.0. The molecule has 0 fully saturated rings. The number of amides is 1. The summed E-state index contributed by atoms with van der Waals surface area (Å²) in [6.07, 6.45) is 0. The molecule has 0 saturated carbocycles. The number of carbonyl (C=O) groups is 1. The molecule has 182 valence electrons. The molecule has 0 spiro atoms. The molecule has 0 saturated heterocycles. The number of hydrogen-bond acceptors (Lipinski definition) is 7. The molecule has 0 bridgehead atoms. The number of hydrazine groups is 1. The number of rotatable bonds is 5. The third-order valence-corrected chi connectivity index (χ3v) is 6.91. The summed E-state index contributed by atoms with van der Waals surface area (Å²) in [5, 5.41) is 5.41. The van der Waals surface area contributed by atoms with Gasteiger partial charge in [-0.1, -0.05) is 0 Å². The van der Waals surface area contributed by atoms with E-state index in [0.29, 0.717) is 18.2 Å². The van der Waals surface area contributed by atoms with Gasteiger partial charge in [0, 0.05) is 24.1 Å². The van der Waals surface area contributed by atoms with E-state index in [-0.39, 0.29) is 11.7 Å². The van der Waals surface area contributed by atoms with Gasteiger partial charge in [0.25, 0.3) is 5.95 Å². The summed E-state index contributed by atoms with van der Waals surface area (Å²) in [4.78, 5) is 17.2. The highest BCUT2D eigenvalue weighted by atomic mass is 79.9. The lowest BCUT2D eigenvalue weighted by atomic mass is 9.94. The number of nitrogens with one attached hydrogen (secondary N) is 2. The van der Waals surface area contributed by atoms with E-state index >= 15 is 0 Å². The molecule has 9 nitrogen and oxygen atoms in total. The number of hydrogen-bond donors (Lipinski definition) is 2. The fourth-order valence-electron chi connectivity index (χ4n) is 4.55. The SMILES string of the molecule is Cc1cc2c(c(Br)c1Oc1ccc(C(=O)NNc3cc(C)c4c(C)nn(C)c4n3)o1)C(C)(C)OC2. The first-order chi connectivity index (χ1) is 16.5. The van der Waals surface area contributed by atoms with Crippen molar-refractivity contribution in [3.8, 4) is 11.7 Å². The topological polar surface area (TPSA) is 103 Å². The van der Waals surface area contributed by atoms with E-state index in [2.05, 4.69) is 42.9 Å². The summed E-state index contributed by atoms with van der Waals surface area (Å²) < 4.78 is 20.2. The fraction of sp³-hybridized carbons (Fsp3) is 0.320. The maximum atomic E-state index is 12.7. The van der Waals surface area contributed by atoms with Gasteiger partial charge in [-0.2, -0.15) is 5.10 Å². The van der Waals surface area contributed by atoms with Crippen molar-refractivity contribution in [2.24, 2.45) is 7.05 Å². The van der Waals surface area contributed by atoms with Gasteiger partial charge in [0.15, 0.2) is 11.4 Å². The Morgan fingerprint density at radius 3 is 2.74 bits per heavy atom. The van der Waals surface area contributed by atoms with Gasteiger partial charge in [-0.25, -0.2) is 4.98 Å². The molecule has 2 N–H and O–H groups in total. The first-order valence-corrected chi connectivity index (χ1v) is 12.0. The first-order valence-electron chi connectivity index (χ1n) is 11.2. The van der Waals surface area contributed by atoms with Crippen molar-refractivity contribution in [1.29, 1.82) is 0 Å². The summed E-state index contributed by atoms with van der Waals surface area (Å²) in [5.74, 6) is 0.967. The molecule has 10 heteroatoms. The molecular weight excluding hydrogens is 514 g/mol. The van der Waals surface area contributed by atoms with E-state index in [9.17, 15) is 4.79 Å². The molecule has 35 heavy (non-hydrogen) atoms. The smallest absolute Gasteiger partial charge is 0.305 e. The molecule has 0 atom stereocenters. The molecule has 4 aromatic rings. The van der Waals surface area contributed by atoms with E-state index in [1.165, 1.54) is 0 Å². The summed E-state index contributed by atoms with van der Waals surface area (Å²) in [5.41, 5.74) is 10.8. The van der Waals surface area contributed by atoms with E-state index < -0.39 is 11.5 Å². The first kappa shape index (κ1) is 23.4. The largest absolute Gasteiger partial charge is 0.424 e. The number of furan rings is 1. The Bertz CT molecular complexity index is 1490. The molecule has 5 rings (SSSR count). The second-order valence-corrected chi connectivity index (χ2v) is 9.99. The molecule has 1 aliphatic heterocycles. The van der Waals surface area contributed by atoms with E-state index in [1.54, 1.807) is 16.8 Å². The van der Waals surface area contributed by atoms with Crippen LogP contribution in [0.5, 0.6) is 11.7 Å². The molecule has 1 aliphatic rings. The number of aromatic nitrogens is 3. The molecular formula is C25H26BrN5O4. The van der Waals surface area contributed by atoms with Crippen LogP contribution in [0.1, 0.15) is 52.3 Å². The van der Waals surface area contributed by atoms with Gasteiger partial charge in [0.2, 0.25) is 0 Å². The lowest BCUT2D eigenvalue weighted by Gasteiger charge is -2.21. The maximum Gasteiger partial charge on any atom is 0.305 e. The van der Waals surface area contributed by atoms with Gasteiger partial charge < -0.3 is 13.9 Å². The normalized spacial score (nSPS) is 14.3. The minimum atomic E-state index is -0.458. The highest BCUT2D eigenvalue weighted by molar-refractivity contribution is 9.10. The van der Waals surface area contributed by atoms with E-state index in [4.69, 9.17) is 13.9 Å². The zero-order chi connectivity index (χ0) is 25.1. The zero-order valence-electron chi connectivity index (χ0n) is 20.4. The van der Waals surface area contributed by atoms with Crippen molar-refractivity contribution in [2.75, 3.05) is 5.43 Å². The third-order valence-electron chi connectivity index (χ3n) is 6.16. The number of halogens is 1. The highest BCUT2D eigenvalue weighted by Gasteiger charge is 2.35. The van der Waals surface area contributed by atoms with Crippen LogP contribution < -0.4 is 15.6 Å². The van der Waals surface area contributed by atoms with Crippen LogP contribution in [-0.2, 0) is 24.0 Å². The average molecular weight is 540 g/mol. The monoisotopic (exact) mass is 539 g/mol. The molecule has 0 unspecified atom stereocenters. The number of nitrogens with zero attached hydrogens (tertiary/aromatic N) is 3. The number of benzene rings is 1. The van der Waals surface area contributed by atoms with Crippen molar-refractivity contribution in [2.45, 2.75) is 46.8 Å². The van der Waals surface area contributed by atoms with Crippen LogP contribution in [0.2, 0.25) is 0 Å². The van der Waals surface area contributed by atoms with Gasteiger partial charge in [0.1, 0.15) is 11.6 Å². The summed E-state index contributed by atoms with van der Waals surface area (Å²) in [7, 11) is 1.84. The Kier molecular flexibility index (Phi) is 5.60. The minimum absolute atomic E-state index is 0.0975. The standard InChI is InChI=1S/C25H26BrN5O4/c1-12-10-17(27-23-19(12)14(3)30-31(23)6)28-29-24(32)16-7-8-18(34-16)35-22-13(2)9-15-11-33-25(4,5)20(15)21(22)26/h7-10H,11H2,1-6H3,(H,27,28)(H,29,32). The van der Waals surface area contributed by atoms with Crippen LogP contribution in [0.4, 0.5) is 5.82 Å². The maximum absolute atomic E-state index is 12.7. The van der Waals surface area contributed by atoms with Crippen molar-refractivity contribution in [3.63, 3.8) is 0 Å². The number of ether oxygens (including phenoxy) is 2. The third kappa shape index (κ3) is 4.06. The quantitative estimate of drug-likeness (QED) is 0.320. The molecule has 4 heterocycles. The molecule has 0 aliphatic carbocycles. The van der Waals surface area contributed by atoms with Crippen LogP contribution >= 0.6 is 15.9 Å². The van der Waals surface area contributed by atoms with Gasteiger partial charge in [0.05, 0.1) is 22.4 Å². The summed E-state index contributed by atoms with van der Waals surface area (Å²) in [6.45, 7) is 10.5. The number of aryl methyl sites for hydroxylation is 4. The number of pyridine rings is 1. The van der Waals surface area contributed by atoms with Gasteiger partial charge in [-0.05, 0) is 85.4 Å². The van der Waals surface area contributed by atoms with Crippen molar-refractivity contribution >= 4 is 38.7 Å². The van der Waals surface area contributed by atoms with Crippen molar-refractivity contribution in [3.05, 3.63) is 62.4 Å². The van der Waals surface area contributed by atoms with Crippen LogP contribution in [-0.4, -0.2) is 20.7 Å². The highest BCUT2D eigenvalue weighted by Crippen LogP contribution is 2.47. The Hall–Kier alpha value is -3.37.